The van der Waals surface area contributed by atoms with Gasteiger partial charge in [-0.2, -0.15) is 0 Å². The van der Waals surface area contributed by atoms with Crippen molar-refractivity contribution in [2.45, 2.75) is 25.7 Å². The minimum Gasteiger partial charge on any atom is -0.293 e. The third-order valence-corrected chi connectivity index (χ3v) is 2.67. The maximum atomic E-state index is 11.1. The van der Waals surface area contributed by atoms with Crippen molar-refractivity contribution in [3.63, 3.8) is 0 Å². The molecule has 0 unspecified atom stereocenters. The van der Waals surface area contributed by atoms with Crippen molar-refractivity contribution in [1.82, 2.24) is 9.97 Å². The van der Waals surface area contributed by atoms with Crippen molar-refractivity contribution < 1.29 is 4.79 Å². The highest BCUT2D eigenvalue weighted by Gasteiger charge is 2.29. The van der Waals surface area contributed by atoms with E-state index in [0.717, 1.165) is 12.8 Å². The molecular formula is C9H8Cl2N2O. The van der Waals surface area contributed by atoms with Gasteiger partial charge < -0.3 is 0 Å². The number of halogens is 2. The maximum Gasteiger partial charge on any atom is 0.181 e. The predicted molar refractivity (Wildman–Crippen MR) is 54.0 cm³/mol. The zero-order valence-corrected chi connectivity index (χ0v) is 9.06. The minimum absolute atomic E-state index is 0.0897. The molecule has 0 amide bonds. The van der Waals surface area contributed by atoms with Crippen molar-refractivity contribution in [3.05, 3.63) is 21.7 Å². The lowest BCUT2D eigenvalue weighted by Crippen LogP contribution is -2.04. The highest BCUT2D eigenvalue weighted by molar-refractivity contribution is 6.34. The van der Waals surface area contributed by atoms with Gasteiger partial charge in [-0.1, -0.05) is 23.2 Å². The first kappa shape index (κ1) is 9.87. The molecule has 5 heteroatoms. The lowest BCUT2D eigenvalue weighted by Gasteiger charge is -2.04. The van der Waals surface area contributed by atoms with Gasteiger partial charge in [-0.25, -0.2) is 9.97 Å². The van der Waals surface area contributed by atoms with Crippen LogP contribution < -0.4 is 0 Å². The molecule has 2 rings (SSSR count). The zero-order chi connectivity index (χ0) is 10.3. The van der Waals surface area contributed by atoms with Gasteiger partial charge in [0.05, 0.1) is 5.69 Å². The van der Waals surface area contributed by atoms with Crippen LogP contribution in [-0.4, -0.2) is 15.8 Å². The van der Waals surface area contributed by atoms with E-state index in [4.69, 9.17) is 23.2 Å². The van der Waals surface area contributed by atoms with E-state index in [1.165, 1.54) is 6.92 Å². The maximum absolute atomic E-state index is 11.1. The molecule has 0 spiro atoms. The summed E-state index contributed by atoms with van der Waals surface area (Å²) in [6.45, 7) is 1.42. The van der Waals surface area contributed by atoms with Gasteiger partial charge in [-0.15, -0.1) is 0 Å². The summed E-state index contributed by atoms with van der Waals surface area (Å²) in [4.78, 5) is 19.2. The fourth-order valence-corrected chi connectivity index (χ4v) is 1.83. The van der Waals surface area contributed by atoms with Gasteiger partial charge in [0.15, 0.2) is 16.1 Å². The van der Waals surface area contributed by atoms with Crippen LogP contribution in [0.3, 0.4) is 0 Å². The predicted octanol–water partition coefficient (Wildman–Crippen LogP) is 2.86. The van der Waals surface area contributed by atoms with Crippen LogP contribution in [0.1, 0.15) is 41.9 Å². The number of nitrogens with zero attached hydrogens (tertiary/aromatic N) is 2. The normalized spacial score (nSPS) is 15.6. The number of rotatable bonds is 2. The van der Waals surface area contributed by atoms with Crippen LogP contribution >= 0.6 is 23.2 Å². The fourth-order valence-electron chi connectivity index (χ4n) is 1.25. The molecule has 74 valence electrons. The van der Waals surface area contributed by atoms with Crippen LogP contribution in [0.25, 0.3) is 0 Å². The van der Waals surface area contributed by atoms with Crippen LogP contribution in [0.15, 0.2) is 0 Å². The molecule has 0 atom stereocenters. The number of Topliss-reactive ketones (excluding diaryl/α,β-unsaturated/α-hetero) is 1. The van der Waals surface area contributed by atoms with Gasteiger partial charge in [0.2, 0.25) is 0 Å². The summed E-state index contributed by atoms with van der Waals surface area (Å²) >= 11 is 11.6. The van der Waals surface area contributed by atoms with E-state index in [9.17, 15) is 4.79 Å². The van der Waals surface area contributed by atoms with Crippen molar-refractivity contribution in [3.8, 4) is 0 Å². The van der Waals surface area contributed by atoms with Crippen molar-refractivity contribution in [2.75, 3.05) is 0 Å². The second kappa shape index (κ2) is 3.48. The molecule has 1 aliphatic carbocycles. The monoisotopic (exact) mass is 230 g/mol. The van der Waals surface area contributed by atoms with E-state index in [0.29, 0.717) is 16.8 Å². The average molecular weight is 231 g/mol. The Hall–Kier alpha value is -0.670. The second-order valence-electron chi connectivity index (χ2n) is 3.37. The molecule has 0 radical (unpaired) electrons. The molecule has 1 heterocycles. The van der Waals surface area contributed by atoms with Gasteiger partial charge in [0.1, 0.15) is 5.69 Å². The SMILES string of the molecule is CC(=O)c1nc(C2CC2)c(Cl)nc1Cl. The quantitative estimate of drug-likeness (QED) is 0.735. The molecule has 0 bridgehead atoms. The summed E-state index contributed by atoms with van der Waals surface area (Å²) in [5.41, 5.74) is 0.930. The Morgan fingerprint density at radius 2 is 1.93 bits per heavy atom. The van der Waals surface area contributed by atoms with Crippen LogP contribution in [-0.2, 0) is 0 Å². The molecule has 1 saturated carbocycles. The van der Waals surface area contributed by atoms with E-state index < -0.39 is 0 Å². The van der Waals surface area contributed by atoms with E-state index in [1.807, 2.05) is 0 Å². The number of hydrogen-bond acceptors (Lipinski definition) is 3. The van der Waals surface area contributed by atoms with Crippen LogP contribution in [0.5, 0.6) is 0 Å². The van der Waals surface area contributed by atoms with Gasteiger partial charge in [-0.05, 0) is 12.8 Å². The third-order valence-electron chi connectivity index (χ3n) is 2.13. The number of hydrogen-bond donors (Lipinski definition) is 0. The Bertz CT molecular complexity index is 402. The van der Waals surface area contributed by atoms with Gasteiger partial charge >= 0.3 is 0 Å². The van der Waals surface area contributed by atoms with E-state index in [-0.39, 0.29) is 16.6 Å². The minimum atomic E-state index is -0.180. The lowest BCUT2D eigenvalue weighted by molar-refractivity contribution is 0.101. The largest absolute Gasteiger partial charge is 0.293 e. The fraction of sp³-hybridized carbons (Fsp3) is 0.444. The Labute approximate surface area is 91.5 Å². The van der Waals surface area contributed by atoms with E-state index >= 15 is 0 Å². The Morgan fingerprint density at radius 3 is 2.43 bits per heavy atom. The summed E-state index contributed by atoms with van der Waals surface area (Å²) in [5.74, 6) is 0.187. The first-order valence-corrected chi connectivity index (χ1v) is 5.09. The average Bonchev–Trinajstić information content (AvgIpc) is 2.86. The smallest absolute Gasteiger partial charge is 0.181 e. The highest BCUT2D eigenvalue weighted by Crippen LogP contribution is 2.42. The first-order chi connectivity index (χ1) is 6.59. The van der Waals surface area contributed by atoms with Gasteiger partial charge in [0.25, 0.3) is 0 Å². The van der Waals surface area contributed by atoms with Crippen molar-refractivity contribution in [2.24, 2.45) is 0 Å². The molecule has 1 aromatic heterocycles. The summed E-state index contributed by atoms with van der Waals surface area (Å²) < 4.78 is 0. The number of carbonyl (C=O) groups is 1. The molecule has 0 saturated heterocycles. The summed E-state index contributed by atoms with van der Waals surface area (Å²) in [7, 11) is 0. The first-order valence-electron chi connectivity index (χ1n) is 4.33. The number of aromatic nitrogens is 2. The molecular weight excluding hydrogens is 223 g/mol. The van der Waals surface area contributed by atoms with Crippen molar-refractivity contribution >= 4 is 29.0 Å². The summed E-state index contributed by atoms with van der Waals surface area (Å²) in [6, 6.07) is 0. The molecule has 14 heavy (non-hydrogen) atoms. The molecule has 0 N–H and O–H groups in total. The molecule has 1 aromatic rings. The Kier molecular flexibility index (Phi) is 2.45. The van der Waals surface area contributed by atoms with Gasteiger partial charge in [0, 0.05) is 12.8 Å². The van der Waals surface area contributed by atoms with Crippen LogP contribution in [0.2, 0.25) is 10.3 Å². The van der Waals surface area contributed by atoms with Crippen LogP contribution in [0.4, 0.5) is 0 Å². The summed E-state index contributed by atoms with van der Waals surface area (Å²) in [5, 5.41) is 0.411. The topological polar surface area (TPSA) is 42.9 Å². The molecule has 1 aliphatic rings. The highest BCUT2D eigenvalue weighted by atomic mass is 35.5. The van der Waals surface area contributed by atoms with Crippen molar-refractivity contribution in [1.29, 1.82) is 0 Å². The number of carbonyl (C=O) groups excluding carboxylic acids is 1. The Balaban J connectivity index is 2.51. The molecule has 0 aliphatic heterocycles. The third kappa shape index (κ3) is 1.74. The standard InChI is InChI=1S/C9H8Cl2N2O/c1-4(14)6-8(10)13-9(11)7(12-6)5-2-3-5/h5H,2-3H2,1H3. The summed E-state index contributed by atoms with van der Waals surface area (Å²) in [6.07, 6.45) is 2.13. The molecule has 1 fully saturated rings. The lowest BCUT2D eigenvalue weighted by atomic mass is 10.2. The van der Waals surface area contributed by atoms with Gasteiger partial charge in [-0.3, -0.25) is 4.79 Å². The number of ketones is 1. The van der Waals surface area contributed by atoms with E-state index in [1.54, 1.807) is 0 Å². The molecule has 0 aromatic carbocycles. The second-order valence-corrected chi connectivity index (χ2v) is 4.09. The zero-order valence-electron chi connectivity index (χ0n) is 7.55. The molecule has 3 nitrogen and oxygen atoms in total. The Morgan fingerprint density at radius 1 is 1.29 bits per heavy atom. The van der Waals surface area contributed by atoms with Crippen LogP contribution in [0, 0.1) is 0 Å². The van der Waals surface area contributed by atoms with E-state index in [2.05, 4.69) is 9.97 Å².